The Hall–Kier alpha value is -1.35. The smallest absolute Gasteiger partial charge is 0.220 e. The standard InChI is InChI=1S/C13H19NO2/c1-10-4-3-5-12(8-10)6-7-13(16)14-9-11(2)15/h3-5,8,11,15H,6-7,9H2,1-2H3,(H,14,16)/t11-/m0/s1. The molecule has 0 spiro atoms. The van der Waals surface area contributed by atoms with E-state index in [1.54, 1.807) is 6.92 Å². The van der Waals surface area contributed by atoms with Crippen LogP contribution < -0.4 is 5.32 Å². The third-order valence-corrected chi connectivity index (χ3v) is 2.32. The topological polar surface area (TPSA) is 49.3 Å². The largest absolute Gasteiger partial charge is 0.392 e. The molecule has 0 saturated heterocycles. The summed E-state index contributed by atoms with van der Waals surface area (Å²) < 4.78 is 0. The Morgan fingerprint density at radius 3 is 2.88 bits per heavy atom. The lowest BCUT2D eigenvalue weighted by atomic mass is 10.1. The molecule has 0 bridgehead atoms. The third-order valence-electron chi connectivity index (χ3n) is 2.32. The quantitative estimate of drug-likeness (QED) is 0.790. The van der Waals surface area contributed by atoms with Crippen LogP contribution >= 0.6 is 0 Å². The van der Waals surface area contributed by atoms with Crippen molar-refractivity contribution in [2.45, 2.75) is 32.8 Å². The second-order valence-electron chi connectivity index (χ2n) is 4.14. The monoisotopic (exact) mass is 221 g/mol. The van der Waals surface area contributed by atoms with Gasteiger partial charge in [-0.1, -0.05) is 29.8 Å². The summed E-state index contributed by atoms with van der Waals surface area (Å²) >= 11 is 0. The maximum atomic E-state index is 11.4. The Morgan fingerprint density at radius 2 is 2.25 bits per heavy atom. The summed E-state index contributed by atoms with van der Waals surface area (Å²) in [6.07, 6.45) is 0.728. The van der Waals surface area contributed by atoms with Gasteiger partial charge in [0.1, 0.15) is 0 Å². The van der Waals surface area contributed by atoms with Gasteiger partial charge in [-0.25, -0.2) is 0 Å². The maximum absolute atomic E-state index is 11.4. The number of carbonyl (C=O) groups excluding carboxylic acids is 1. The Labute approximate surface area is 96.5 Å². The van der Waals surface area contributed by atoms with Crippen LogP contribution in [0.1, 0.15) is 24.5 Å². The van der Waals surface area contributed by atoms with Crippen molar-refractivity contribution in [2.75, 3.05) is 6.54 Å². The zero-order chi connectivity index (χ0) is 12.0. The summed E-state index contributed by atoms with van der Waals surface area (Å²) in [6, 6.07) is 8.15. The molecular formula is C13H19NO2. The third kappa shape index (κ3) is 4.94. The van der Waals surface area contributed by atoms with Gasteiger partial charge in [-0.3, -0.25) is 4.79 Å². The summed E-state index contributed by atoms with van der Waals surface area (Å²) in [4.78, 5) is 11.4. The van der Waals surface area contributed by atoms with Crippen molar-refractivity contribution < 1.29 is 9.90 Å². The van der Waals surface area contributed by atoms with E-state index in [1.165, 1.54) is 11.1 Å². The number of nitrogens with one attached hydrogen (secondary N) is 1. The molecule has 2 N–H and O–H groups in total. The van der Waals surface area contributed by atoms with Gasteiger partial charge in [-0.15, -0.1) is 0 Å². The van der Waals surface area contributed by atoms with Crippen molar-refractivity contribution in [3.63, 3.8) is 0 Å². The van der Waals surface area contributed by atoms with Gasteiger partial charge in [0.2, 0.25) is 5.91 Å². The van der Waals surface area contributed by atoms with E-state index in [0.717, 1.165) is 6.42 Å². The molecule has 1 rings (SSSR count). The Kier molecular flexibility index (Phi) is 4.99. The van der Waals surface area contributed by atoms with Gasteiger partial charge in [-0.05, 0) is 25.8 Å². The van der Waals surface area contributed by atoms with Gasteiger partial charge in [0.15, 0.2) is 0 Å². The molecule has 88 valence electrons. The predicted molar refractivity (Wildman–Crippen MR) is 64.2 cm³/mol. The summed E-state index contributed by atoms with van der Waals surface area (Å²) in [6.45, 7) is 4.02. The number of benzene rings is 1. The number of aliphatic hydroxyl groups excluding tert-OH is 1. The number of carbonyl (C=O) groups is 1. The van der Waals surface area contributed by atoms with Crippen LogP contribution in [0.15, 0.2) is 24.3 Å². The zero-order valence-corrected chi connectivity index (χ0v) is 9.86. The van der Waals surface area contributed by atoms with Gasteiger partial charge < -0.3 is 10.4 Å². The van der Waals surface area contributed by atoms with Crippen LogP contribution in [0, 0.1) is 6.92 Å². The first-order valence-corrected chi connectivity index (χ1v) is 5.58. The highest BCUT2D eigenvalue weighted by Crippen LogP contribution is 2.06. The van der Waals surface area contributed by atoms with E-state index in [4.69, 9.17) is 5.11 Å². The van der Waals surface area contributed by atoms with E-state index < -0.39 is 6.10 Å². The highest BCUT2D eigenvalue weighted by molar-refractivity contribution is 5.76. The number of amides is 1. The SMILES string of the molecule is Cc1cccc(CCC(=O)NC[C@H](C)O)c1. The highest BCUT2D eigenvalue weighted by Gasteiger charge is 2.03. The van der Waals surface area contributed by atoms with Gasteiger partial charge in [0.05, 0.1) is 6.10 Å². The van der Waals surface area contributed by atoms with Crippen LogP contribution in [-0.4, -0.2) is 23.7 Å². The molecule has 0 unspecified atom stereocenters. The predicted octanol–water partition coefficient (Wildman–Crippen LogP) is 1.42. The minimum atomic E-state index is -0.483. The molecule has 3 heteroatoms. The molecular weight excluding hydrogens is 202 g/mol. The van der Waals surface area contributed by atoms with Crippen molar-refractivity contribution in [1.29, 1.82) is 0 Å². The van der Waals surface area contributed by atoms with E-state index in [9.17, 15) is 4.79 Å². The van der Waals surface area contributed by atoms with Crippen LogP contribution in [0.5, 0.6) is 0 Å². The van der Waals surface area contributed by atoms with E-state index >= 15 is 0 Å². The summed E-state index contributed by atoms with van der Waals surface area (Å²) in [5.41, 5.74) is 2.38. The normalized spacial score (nSPS) is 12.2. The average molecular weight is 221 g/mol. The fourth-order valence-electron chi connectivity index (χ4n) is 1.48. The average Bonchev–Trinajstić information content (AvgIpc) is 2.23. The fraction of sp³-hybridized carbons (Fsp3) is 0.462. The fourth-order valence-corrected chi connectivity index (χ4v) is 1.48. The lowest BCUT2D eigenvalue weighted by Crippen LogP contribution is -2.30. The molecule has 1 aromatic carbocycles. The number of hydrogen-bond donors (Lipinski definition) is 2. The molecule has 3 nitrogen and oxygen atoms in total. The molecule has 1 amide bonds. The molecule has 0 aliphatic heterocycles. The van der Waals surface area contributed by atoms with Crippen LogP contribution in [0.25, 0.3) is 0 Å². The van der Waals surface area contributed by atoms with Crippen LogP contribution in [0.3, 0.4) is 0 Å². The van der Waals surface area contributed by atoms with Crippen molar-refractivity contribution in [3.8, 4) is 0 Å². The molecule has 0 aliphatic carbocycles. The van der Waals surface area contributed by atoms with E-state index in [2.05, 4.69) is 11.4 Å². The van der Waals surface area contributed by atoms with Crippen LogP contribution in [0.4, 0.5) is 0 Å². The number of aryl methyl sites for hydroxylation is 2. The van der Waals surface area contributed by atoms with E-state index in [-0.39, 0.29) is 5.91 Å². The molecule has 0 fully saturated rings. The van der Waals surface area contributed by atoms with Gasteiger partial charge >= 0.3 is 0 Å². The van der Waals surface area contributed by atoms with E-state index in [0.29, 0.717) is 13.0 Å². The summed E-state index contributed by atoms with van der Waals surface area (Å²) in [7, 11) is 0. The van der Waals surface area contributed by atoms with Gasteiger partial charge in [0, 0.05) is 13.0 Å². The van der Waals surface area contributed by atoms with Gasteiger partial charge in [0.25, 0.3) is 0 Å². The Balaban J connectivity index is 2.31. The molecule has 0 heterocycles. The number of aliphatic hydroxyl groups is 1. The first-order valence-electron chi connectivity index (χ1n) is 5.58. The molecule has 1 atom stereocenters. The maximum Gasteiger partial charge on any atom is 0.220 e. The first-order chi connectivity index (χ1) is 7.58. The lowest BCUT2D eigenvalue weighted by molar-refractivity contribution is -0.121. The molecule has 16 heavy (non-hydrogen) atoms. The zero-order valence-electron chi connectivity index (χ0n) is 9.86. The van der Waals surface area contributed by atoms with Crippen molar-refractivity contribution in [1.82, 2.24) is 5.32 Å². The minimum Gasteiger partial charge on any atom is -0.392 e. The van der Waals surface area contributed by atoms with Crippen LogP contribution in [0.2, 0.25) is 0 Å². The number of hydrogen-bond acceptors (Lipinski definition) is 2. The molecule has 0 radical (unpaired) electrons. The lowest BCUT2D eigenvalue weighted by Gasteiger charge is -2.07. The highest BCUT2D eigenvalue weighted by atomic mass is 16.3. The van der Waals surface area contributed by atoms with Crippen molar-refractivity contribution >= 4 is 5.91 Å². The second-order valence-corrected chi connectivity index (χ2v) is 4.14. The summed E-state index contributed by atoms with van der Waals surface area (Å²) in [5.74, 6) is -0.0117. The molecule has 0 aliphatic rings. The van der Waals surface area contributed by atoms with Crippen LogP contribution in [-0.2, 0) is 11.2 Å². The molecule has 0 aromatic heterocycles. The molecule has 1 aromatic rings. The van der Waals surface area contributed by atoms with Crippen molar-refractivity contribution in [2.24, 2.45) is 0 Å². The first kappa shape index (κ1) is 12.7. The van der Waals surface area contributed by atoms with E-state index in [1.807, 2.05) is 25.1 Å². The Bertz CT molecular complexity index is 348. The molecule has 0 saturated carbocycles. The van der Waals surface area contributed by atoms with Gasteiger partial charge in [-0.2, -0.15) is 0 Å². The van der Waals surface area contributed by atoms with Crippen molar-refractivity contribution in [3.05, 3.63) is 35.4 Å². The second kappa shape index (κ2) is 6.28. The summed E-state index contributed by atoms with van der Waals surface area (Å²) in [5, 5.41) is 11.7. The minimum absolute atomic E-state index is 0.0117. The Morgan fingerprint density at radius 1 is 1.50 bits per heavy atom. The number of rotatable bonds is 5.